The fourth-order valence-electron chi connectivity index (χ4n) is 6.58. The zero-order chi connectivity index (χ0) is 24.7. The second-order valence-electron chi connectivity index (χ2n) is 10.8. The molecule has 7 nitrogen and oxygen atoms in total. The summed E-state index contributed by atoms with van der Waals surface area (Å²) in [5.41, 5.74) is 3.11. The summed E-state index contributed by atoms with van der Waals surface area (Å²) in [7, 11) is 0. The van der Waals surface area contributed by atoms with Crippen molar-refractivity contribution in [2.75, 3.05) is 55.6 Å². The van der Waals surface area contributed by atoms with Crippen LogP contribution in [0.3, 0.4) is 0 Å². The Bertz CT molecular complexity index is 1080. The van der Waals surface area contributed by atoms with Gasteiger partial charge >= 0.3 is 6.03 Å². The highest BCUT2D eigenvalue weighted by atomic mass is 16.2. The van der Waals surface area contributed by atoms with Gasteiger partial charge in [0.05, 0.1) is 6.04 Å². The number of piperidine rings is 1. The van der Waals surface area contributed by atoms with E-state index in [2.05, 4.69) is 51.1 Å². The summed E-state index contributed by atoms with van der Waals surface area (Å²) in [4.78, 5) is 37.8. The number of hydrogen-bond donors (Lipinski definition) is 0. The van der Waals surface area contributed by atoms with Crippen LogP contribution in [0.15, 0.2) is 54.6 Å². The van der Waals surface area contributed by atoms with Crippen molar-refractivity contribution < 1.29 is 9.59 Å². The average molecular weight is 488 g/mol. The molecule has 2 aromatic rings. The molecule has 0 aliphatic carbocycles. The largest absolute Gasteiger partial charge is 0.372 e. The van der Waals surface area contributed by atoms with Crippen molar-refractivity contribution in [1.82, 2.24) is 14.7 Å². The van der Waals surface area contributed by atoms with Gasteiger partial charge in [-0.15, -0.1) is 0 Å². The van der Waals surface area contributed by atoms with E-state index < -0.39 is 5.54 Å². The molecule has 4 fully saturated rings. The molecule has 7 heteroatoms. The second kappa shape index (κ2) is 9.43. The van der Waals surface area contributed by atoms with Gasteiger partial charge in [-0.2, -0.15) is 0 Å². The molecule has 4 aliphatic heterocycles. The Hall–Kier alpha value is -3.06. The second-order valence-corrected chi connectivity index (χ2v) is 10.8. The van der Waals surface area contributed by atoms with Gasteiger partial charge in [0, 0.05) is 63.7 Å². The molecule has 4 aliphatic rings. The summed E-state index contributed by atoms with van der Waals surface area (Å²) in [6, 6.07) is 19.1. The highest BCUT2D eigenvalue weighted by Gasteiger charge is 2.60. The lowest BCUT2D eigenvalue weighted by Gasteiger charge is -2.44. The van der Waals surface area contributed by atoms with Crippen LogP contribution in [0.2, 0.25) is 0 Å². The van der Waals surface area contributed by atoms with Crippen molar-refractivity contribution >= 4 is 23.3 Å². The van der Waals surface area contributed by atoms with Crippen LogP contribution in [0.4, 0.5) is 16.2 Å². The molecule has 0 saturated carbocycles. The Labute approximate surface area is 214 Å². The van der Waals surface area contributed by atoms with Gasteiger partial charge in [0.25, 0.3) is 5.91 Å². The topological polar surface area (TPSA) is 50.3 Å². The molecule has 0 radical (unpaired) electrons. The van der Waals surface area contributed by atoms with E-state index in [1.807, 2.05) is 30.0 Å². The highest BCUT2D eigenvalue weighted by molar-refractivity contribution is 6.07. The molecular formula is C29H37N5O2. The van der Waals surface area contributed by atoms with Crippen LogP contribution in [-0.2, 0) is 11.3 Å². The third kappa shape index (κ3) is 3.94. The van der Waals surface area contributed by atoms with E-state index in [-0.39, 0.29) is 18.0 Å². The summed E-state index contributed by atoms with van der Waals surface area (Å²) >= 11 is 0. The summed E-state index contributed by atoms with van der Waals surface area (Å²) < 4.78 is 0. The van der Waals surface area contributed by atoms with Crippen LogP contribution < -0.4 is 9.80 Å². The number of likely N-dealkylation sites (tertiary alicyclic amines) is 1. The van der Waals surface area contributed by atoms with Crippen molar-refractivity contribution in [1.29, 1.82) is 0 Å². The van der Waals surface area contributed by atoms with E-state index in [0.717, 1.165) is 38.4 Å². The van der Waals surface area contributed by atoms with Gasteiger partial charge in [-0.1, -0.05) is 30.3 Å². The minimum absolute atomic E-state index is 0.0293. The van der Waals surface area contributed by atoms with E-state index in [9.17, 15) is 9.59 Å². The van der Waals surface area contributed by atoms with Crippen LogP contribution in [0.1, 0.15) is 38.2 Å². The van der Waals surface area contributed by atoms with Crippen LogP contribution in [-0.4, -0.2) is 84.0 Å². The first kappa shape index (κ1) is 23.3. The zero-order valence-electron chi connectivity index (χ0n) is 21.3. The predicted molar refractivity (Wildman–Crippen MR) is 142 cm³/mol. The Morgan fingerprint density at radius 1 is 0.806 bits per heavy atom. The van der Waals surface area contributed by atoms with Gasteiger partial charge in [0.1, 0.15) is 5.54 Å². The number of carbonyl (C=O) groups excluding carboxylic acids is 2. The number of rotatable bonds is 6. The molecule has 3 amide bonds. The molecule has 0 N–H and O–H groups in total. The number of imide groups is 1. The lowest BCUT2D eigenvalue weighted by atomic mass is 9.85. The molecule has 0 unspecified atom stereocenters. The third-order valence-corrected chi connectivity index (χ3v) is 8.73. The molecule has 0 aromatic heterocycles. The Kier molecular flexibility index (Phi) is 6.12. The van der Waals surface area contributed by atoms with E-state index in [4.69, 9.17) is 0 Å². The van der Waals surface area contributed by atoms with Gasteiger partial charge in [0.2, 0.25) is 0 Å². The van der Waals surface area contributed by atoms with Crippen LogP contribution >= 0.6 is 0 Å². The van der Waals surface area contributed by atoms with Gasteiger partial charge in [-0.25, -0.2) is 4.79 Å². The smallest absolute Gasteiger partial charge is 0.328 e. The summed E-state index contributed by atoms with van der Waals surface area (Å²) in [6.07, 6.45) is 4.00. The van der Waals surface area contributed by atoms with Crippen LogP contribution in [0, 0.1) is 0 Å². The number of amides is 3. The maximum Gasteiger partial charge on any atom is 0.328 e. The summed E-state index contributed by atoms with van der Waals surface area (Å²) in [5, 5.41) is 0. The molecule has 4 saturated heterocycles. The van der Waals surface area contributed by atoms with E-state index >= 15 is 0 Å². The minimum Gasteiger partial charge on any atom is -0.372 e. The van der Waals surface area contributed by atoms with Crippen molar-refractivity contribution in [3.05, 3.63) is 60.2 Å². The summed E-state index contributed by atoms with van der Waals surface area (Å²) in [6.45, 7) is 8.89. The first-order chi connectivity index (χ1) is 17.6. The Morgan fingerprint density at radius 3 is 2.08 bits per heavy atom. The van der Waals surface area contributed by atoms with E-state index in [1.54, 1.807) is 4.90 Å². The highest BCUT2D eigenvalue weighted by Crippen LogP contribution is 2.40. The minimum atomic E-state index is -0.672. The van der Waals surface area contributed by atoms with E-state index in [1.165, 1.54) is 24.1 Å². The quantitative estimate of drug-likeness (QED) is 0.581. The fourth-order valence-corrected chi connectivity index (χ4v) is 6.58. The zero-order valence-corrected chi connectivity index (χ0v) is 21.3. The average Bonchev–Trinajstić information content (AvgIpc) is 3.48. The number of hydrogen-bond acceptors (Lipinski definition) is 5. The van der Waals surface area contributed by atoms with Crippen molar-refractivity contribution in [3.63, 3.8) is 0 Å². The number of benzene rings is 2. The Morgan fingerprint density at radius 2 is 1.44 bits per heavy atom. The van der Waals surface area contributed by atoms with Gasteiger partial charge in [-0.05, 0) is 62.4 Å². The molecule has 190 valence electrons. The number of para-hydroxylation sites is 1. The lowest BCUT2D eigenvalue weighted by molar-refractivity contribution is -0.137. The monoisotopic (exact) mass is 487 g/mol. The standard InChI is InChI=1S/C29H37N5O2/c1-2-33-28(36)34(26-21-32(22-26)24-8-4-3-5-9-24)27(35)29(33)14-18-30(19-15-29)20-23-10-12-25(13-11-23)31-16-6-7-17-31/h3-5,8-13,26H,2,6-7,14-22H2,1H3. The van der Waals surface area contributed by atoms with Crippen LogP contribution in [0.5, 0.6) is 0 Å². The van der Waals surface area contributed by atoms with Crippen LogP contribution in [0.25, 0.3) is 0 Å². The van der Waals surface area contributed by atoms with E-state index in [0.29, 0.717) is 32.5 Å². The molecule has 36 heavy (non-hydrogen) atoms. The molecule has 4 heterocycles. The Balaban J connectivity index is 1.09. The fraction of sp³-hybridized carbons (Fsp3) is 0.517. The summed E-state index contributed by atoms with van der Waals surface area (Å²) in [5.74, 6) is 0.0293. The molecule has 6 rings (SSSR count). The predicted octanol–water partition coefficient (Wildman–Crippen LogP) is 3.79. The first-order valence-electron chi connectivity index (χ1n) is 13.6. The number of likely N-dealkylation sites (N-methyl/N-ethyl adjacent to an activating group) is 1. The number of nitrogens with zero attached hydrogens (tertiary/aromatic N) is 5. The van der Waals surface area contributed by atoms with Gasteiger partial charge in [0.15, 0.2) is 0 Å². The molecule has 2 aromatic carbocycles. The lowest BCUT2D eigenvalue weighted by Crippen LogP contribution is -2.62. The van der Waals surface area contributed by atoms with Gasteiger partial charge in [-0.3, -0.25) is 14.6 Å². The first-order valence-corrected chi connectivity index (χ1v) is 13.6. The maximum atomic E-state index is 13.8. The molecular weight excluding hydrogens is 450 g/mol. The normalized spacial score (nSPS) is 22.7. The van der Waals surface area contributed by atoms with Crippen molar-refractivity contribution in [3.8, 4) is 0 Å². The molecule has 1 spiro atoms. The maximum absolute atomic E-state index is 13.8. The molecule has 0 bridgehead atoms. The van der Waals surface area contributed by atoms with Crippen molar-refractivity contribution in [2.24, 2.45) is 0 Å². The van der Waals surface area contributed by atoms with Gasteiger partial charge < -0.3 is 14.7 Å². The SMILES string of the molecule is CCN1C(=O)N(C2CN(c3ccccc3)C2)C(=O)C12CCN(Cc1ccc(N3CCCC3)cc1)CC2. The van der Waals surface area contributed by atoms with Crippen molar-refractivity contribution in [2.45, 2.75) is 50.7 Å². The third-order valence-electron chi connectivity index (χ3n) is 8.73. The number of urea groups is 1. The number of anilines is 2. The number of carbonyl (C=O) groups is 2. The molecule has 0 atom stereocenters.